The average molecular weight is 279 g/mol. The number of hydrazone groups is 1. The lowest BCUT2D eigenvalue weighted by Gasteiger charge is -2.02. The zero-order valence-electron chi connectivity index (χ0n) is 10.5. The van der Waals surface area contributed by atoms with E-state index in [2.05, 4.69) is 20.5 Å². The molecular weight excluding hydrogens is 267 g/mol. The summed E-state index contributed by atoms with van der Waals surface area (Å²) in [5.41, 5.74) is 4.53. The lowest BCUT2D eigenvalue weighted by Crippen LogP contribution is -2.00. The monoisotopic (exact) mass is 278 g/mol. The van der Waals surface area contributed by atoms with Crippen molar-refractivity contribution in [3.05, 3.63) is 52.1 Å². The molecule has 1 heterocycles. The summed E-state index contributed by atoms with van der Waals surface area (Å²) >= 11 is 5.87. The van der Waals surface area contributed by atoms with Crippen molar-refractivity contribution < 1.29 is 4.39 Å². The van der Waals surface area contributed by atoms with Crippen molar-refractivity contribution in [1.29, 1.82) is 0 Å². The lowest BCUT2D eigenvalue weighted by atomic mass is 10.2. The summed E-state index contributed by atoms with van der Waals surface area (Å²) in [6.45, 7) is 3.72. The summed E-state index contributed by atoms with van der Waals surface area (Å²) in [7, 11) is 0. The van der Waals surface area contributed by atoms with Gasteiger partial charge in [-0.1, -0.05) is 17.7 Å². The summed E-state index contributed by atoms with van der Waals surface area (Å²) in [6, 6.07) is 6.30. The molecule has 6 heteroatoms. The Kier molecular flexibility index (Phi) is 4.06. The van der Waals surface area contributed by atoms with Crippen molar-refractivity contribution in [2.45, 2.75) is 13.8 Å². The molecule has 1 N–H and O–H groups in total. The Labute approximate surface area is 115 Å². The van der Waals surface area contributed by atoms with Crippen molar-refractivity contribution in [3.8, 4) is 0 Å². The number of nitrogens with zero attached hydrogens (tertiary/aromatic N) is 3. The van der Waals surface area contributed by atoms with Gasteiger partial charge in [-0.15, -0.1) is 0 Å². The van der Waals surface area contributed by atoms with E-state index >= 15 is 0 Å². The van der Waals surface area contributed by atoms with E-state index in [0.29, 0.717) is 11.0 Å². The van der Waals surface area contributed by atoms with E-state index in [1.54, 1.807) is 6.07 Å². The largest absolute Gasteiger partial charge is 0.245 e. The van der Waals surface area contributed by atoms with Crippen LogP contribution in [0.25, 0.3) is 0 Å². The van der Waals surface area contributed by atoms with Crippen LogP contribution in [-0.4, -0.2) is 16.2 Å². The van der Waals surface area contributed by atoms with Crippen LogP contribution in [0.3, 0.4) is 0 Å². The highest BCUT2D eigenvalue weighted by atomic mass is 35.5. The van der Waals surface area contributed by atoms with E-state index in [9.17, 15) is 4.39 Å². The van der Waals surface area contributed by atoms with Crippen LogP contribution in [-0.2, 0) is 0 Å². The molecule has 2 aromatic rings. The zero-order valence-corrected chi connectivity index (χ0v) is 11.2. The molecule has 0 radical (unpaired) electrons. The van der Waals surface area contributed by atoms with Gasteiger partial charge in [-0.2, -0.15) is 5.10 Å². The summed E-state index contributed by atoms with van der Waals surface area (Å²) in [5, 5.41) is 4.19. The maximum atomic E-state index is 13.5. The van der Waals surface area contributed by atoms with Crippen LogP contribution in [0.4, 0.5) is 10.3 Å². The predicted molar refractivity (Wildman–Crippen MR) is 74.1 cm³/mol. The third-order valence-electron chi connectivity index (χ3n) is 2.34. The normalized spacial score (nSPS) is 10.9. The number of hydrogen-bond donors (Lipinski definition) is 1. The number of aryl methyl sites for hydroxylation is 2. The SMILES string of the molecule is Cc1cc(C)nc(N/N=C/c2c(F)cccc2Cl)n1. The van der Waals surface area contributed by atoms with Crippen LogP contribution < -0.4 is 5.43 Å². The molecular formula is C13H12ClFN4. The van der Waals surface area contributed by atoms with E-state index in [0.717, 1.165) is 11.4 Å². The van der Waals surface area contributed by atoms with Gasteiger partial charge in [0.05, 0.1) is 11.2 Å². The number of anilines is 1. The van der Waals surface area contributed by atoms with Crippen LogP contribution in [0.15, 0.2) is 29.4 Å². The number of aromatic nitrogens is 2. The maximum absolute atomic E-state index is 13.5. The molecule has 0 aliphatic carbocycles. The van der Waals surface area contributed by atoms with Crippen molar-refractivity contribution in [3.63, 3.8) is 0 Å². The highest BCUT2D eigenvalue weighted by Crippen LogP contribution is 2.16. The Morgan fingerprint density at radius 1 is 1.26 bits per heavy atom. The van der Waals surface area contributed by atoms with Crippen molar-refractivity contribution >= 4 is 23.8 Å². The molecule has 0 atom stereocenters. The van der Waals surface area contributed by atoms with E-state index < -0.39 is 5.82 Å². The van der Waals surface area contributed by atoms with Crippen LogP contribution >= 0.6 is 11.6 Å². The molecule has 19 heavy (non-hydrogen) atoms. The minimum absolute atomic E-state index is 0.223. The minimum atomic E-state index is -0.431. The molecule has 0 saturated heterocycles. The second kappa shape index (κ2) is 5.75. The molecule has 0 bridgehead atoms. The van der Waals surface area contributed by atoms with Gasteiger partial charge in [-0.05, 0) is 32.0 Å². The Morgan fingerprint density at radius 3 is 2.58 bits per heavy atom. The summed E-state index contributed by atoms with van der Waals surface area (Å²) < 4.78 is 13.5. The Hall–Kier alpha value is -2.01. The first-order chi connectivity index (χ1) is 9.06. The summed E-state index contributed by atoms with van der Waals surface area (Å²) in [5.74, 6) is -0.0689. The topological polar surface area (TPSA) is 50.2 Å². The van der Waals surface area contributed by atoms with Crippen LogP contribution in [0.1, 0.15) is 17.0 Å². The Bertz CT molecular complexity index is 588. The number of nitrogens with one attached hydrogen (secondary N) is 1. The van der Waals surface area contributed by atoms with Crippen molar-refractivity contribution in [1.82, 2.24) is 9.97 Å². The average Bonchev–Trinajstić information content (AvgIpc) is 2.32. The van der Waals surface area contributed by atoms with Crippen molar-refractivity contribution in [2.24, 2.45) is 5.10 Å². The predicted octanol–water partition coefficient (Wildman–Crippen LogP) is 3.33. The maximum Gasteiger partial charge on any atom is 0.243 e. The molecule has 0 aliphatic rings. The Balaban J connectivity index is 2.16. The summed E-state index contributed by atoms with van der Waals surface area (Å²) in [6.07, 6.45) is 1.30. The van der Waals surface area contributed by atoms with Gasteiger partial charge in [-0.3, -0.25) is 0 Å². The molecule has 1 aromatic heterocycles. The first kappa shape index (κ1) is 13.4. The van der Waals surface area contributed by atoms with Crippen LogP contribution in [0, 0.1) is 19.7 Å². The van der Waals surface area contributed by atoms with Gasteiger partial charge >= 0.3 is 0 Å². The second-order valence-corrected chi connectivity index (χ2v) is 4.39. The molecule has 0 spiro atoms. The third-order valence-corrected chi connectivity index (χ3v) is 2.67. The fourth-order valence-corrected chi connectivity index (χ4v) is 1.78. The first-order valence-electron chi connectivity index (χ1n) is 5.61. The second-order valence-electron chi connectivity index (χ2n) is 3.98. The number of rotatable bonds is 3. The lowest BCUT2D eigenvalue weighted by molar-refractivity contribution is 0.626. The van der Waals surface area contributed by atoms with E-state index in [1.165, 1.54) is 18.3 Å². The van der Waals surface area contributed by atoms with Gasteiger partial charge in [0.1, 0.15) is 5.82 Å². The fraction of sp³-hybridized carbons (Fsp3) is 0.154. The molecule has 0 saturated carbocycles. The van der Waals surface area contributed by atoms with Crippen LogP contribution in [0.5, 0.6) is 0 Å². The number of halogens is 2. The molecule has 2 rings (SSSR count). The Morgan fingerprint density at radius 2 is 1.95 bits per heavy atom. The molecule has 0 aliphatic heterocycles. The van der Waals surface area contributed by atoms with Gasteiger partial charge < -0.3 is 0 Å². The molecule has 1 aromatic carbocycles. The molecule has 0 unspecified atom stereocenters. The van der Waals surface area contributed by atoms with Gasteiger partial charge in [0.15, 0.2) is 0 Å². The zero-order chi connectivity index (χ0) is 13.8. The van der Waals surface area contributed by atoms with E-state index in [-0.39, 0.29) is 5.56 Å². The molecule has 98 valence electrons. The third kappa shape index (κ3) is 3.48. The minimum Gasteiger partial charge on any atom is -0.245 e. The van der Waals surface area contributed by atoms with Gasteiger partial charge in [0, 0.05) is 17.0 Å². The number of hydrogen-bond acceptors (Lipinski definition) is 4. The highest BCUT2D eigenvalue weighted by molar-refractivity contribution is 6.33. The van der Waals surface area contributed by atoms with E-state index in [1.807, 2.05) is 19.9 Å². The molecule has 4 nitrogen and oxygen atoms in total. The standard InChI is InChI=1S/C13H12ClFN4/c1-8-6-9(2)18-13(17-8)19-16-7-10-11(14)4-3-5-12(10)15/h3-7H,1-2H3,(H,17,18,19)/b16-7+. The smallest absolute Gasteiger partial charge is 0.243 e. The van der Waals surface area contributed by atoms with Crippen molar-refractivity contribution in [2.75, 3.05) is 5.43 Å². The fourth-order valence-electron chi connectivity index (χ4n) is 1.56. The molecule has 0 amide bonds. The highest BCUT2D eigenvalue weighted by Gasteiger charge is 2.03. The number of benzene rings is 1. The first-order valence-corrected chi connectivity index (χ1v) is 5.99. The van der Waals surface area contributed by atoms with E-state index in [4.69, 9.17) is 11.6 Å². The van der Waals surface area contributed by atoms with Gasteiger partial charge in [0.2, 0.25) is 5.95 Å². The van der Waals surface area contributed by atoms with Crippen LogP contribution in [0.2, 0.25) is 5.02 Å². The molecule has 0 fully saturated rings. The summed E-state index contributed by atoms with van der Waals surface area (Å²) in [4.78, 5) is 8.29. The quantitative estimate of drug-likeness (QED) is 0.692. The van der Waals surface area contributed by atoms with Gasteiger partial charge in [-0.25, -0.2) is 19.8 Å². The van der Waals surface area contributed by atoms with Gasteiger partial charge in [0.25, 0.3) is 0 Å².